The molecule has 1 aromatic carbocycles. The number of nitrogen functional groups attached to an aromatic ring is 1. The van der Waals surface area contributed by atoms with Crippen LogP contribution in [0.25, 0.3) is 11.3 Å². The number of hydrogen-bond acceptors (Lipinski definition) is 4. The second kappa shape index (κ2) is 4.85. The summed E-state index contributed by atoms with van der Waals surface area (Å²) in [7, 11) is 0. The van der Waals surface area contributed by atoms with Crippen LogP contribution in [0.4, 0.5) is 19.1 Å². The van der Waals surface area contributed by atoms with Crippen LogP contribution in [0.15, 0.2) is 30.3 Å². The van der Waals surface area contributed by atoms with E-state index in [1.54, 1.807) is 31.2 Å². The number of benzene rings is 1. The molecule has 0 saturated heterocycles. The van der Waals surface area contributed by atoms with Crippen molar-refractivity contribution < 1.29 is 13.2 Å². The van der Waals surface area contributed by atoms with Gasteiger partial charge in [0, 0.05) is 5.56 Å². The first-order valence-electron chi connectivity index (χ1n) is 5.40. The zero-order chi connectivity index (χ0) is 14.0. The predicted molar refractivity (Wildman–Crippen MR) is 65.0 cm³/mol. The second-order valence-corrected chi connectivity index (χ2v) is 3.92. The number of aromatic nitrogens is 2. The zero-order valence-corrected chi connectivity index (χ0v) is 9.99. The van der Waals surface area contributed by atoms with Crippen molar-refractivity contribution in [1.29, 1.82) is 0 Å². The average Bonchev–Trinajstić information content (AvgIpc) is 2.37. The van der Waals surface area contributed by atoms with Crippen molar-refractivity contribution in [2.45, 2.75) is 13.1 Å². The molecule has 0 unspecified atom stereocenters. The minimum atomic E-state index is -4.55. The van der Waals surface area contributed by atoms with Gasteiger partial charge in [-0.2, -0.15) is 13.2 Å². The third-order valence-corrected chi connectivity index (χ3v) is 2.57. The molecule has 0 bridgehead atoms. The van der Waals surface area contributed by atoms with Crippen LogP contribution in [0.2, 0.25) is 0 Å². The number of nitrogens with zero attached hydrogens (tertiary/aromatic N) is 2. The van der Waals surface area contributed by atoms with Gasteiger partial charge in [0.25, 0.3) is 0 Å². The van der Waals surface area contributed by atoms with Gasteiger partial charge in [-0.3, -0.25) is 5.43 Å². The lowest BCUT2D eigenvalue weighted by molar-refractivity contribution is -0.141. The fourth-order valence-corrected chi connectivity index (χ4v) is 1.66. The quantitative estimate of drug-likeness (QED) is 0.649. The summed E-state index contributed by atoms with van der Waals surface area (Å²) < 4.78 is 38.2. The van der Waals surface area contributed by atoms with Crippen molar-refractivity contribution in [1.82, 2.24) is 9.97 Å². The lowest BCUT2D eigenvalue weighted by Gasteiger charge is -2.11. The third-order valence-electron chi connectivity index (χ3n) is 2.57. The largest absolute Gasteiger partial charge is 0.433 e. The molecular weight excluding hydrogens is 257 g/mol. The highest BCUT2D eigenvalue weighted by molar-refractivity contribution is 5.64. The molecule has 0 spiro atoms. The Labute approximate surface area is 107 Å². The number of anilines is 1. The Kier molecular flexibility index (Phi) is 3.39. The summed E-state index contributed by atoms with van der Waals surface area (Å²) >= 11 is 0. The first-order chi connectivity index (χ1) is 8.91. The van der Waals surface area contributed by atoms with Gasteiger partial charge < -0.3 is 0 Å². The van der Waals surface area contributed by atoms with Gasteiger partial charge in [-0.1, -0.05) is 24.3 Å². The molecule has 3 N–H and O–H groups in total. The van der Waals surface area contributed by atoms with Crippen LogP contribution in [-0.4, -0.2) is 9.97 Å². The summed E-state index contributed by atoms with van der Waals surface area (Å²) in [6.45, 7) is 1.79. The monoisotopic (exact) mass is 268 g/mol. The molecule has 19 heavy (non-hydrogen) atoms. The lowest BCUT2D eigenvalue weighted by atomic mass is 10.1. The van der Waals surface area contributed by atoms with E-state index in [9.17, 15) is 13.2 Å². The Morgan fingerprint density at radius 3 is 2.42 bits per heavy atom. The predicted octanol–water partition coefficient (Wildman–Crippen LogP) is 2.76. The number of hydrogen-bond donors (Lipinski definition) is 2. The molecule has 4 nitrogen and oxygen atoms in total. The fraction of sp³-hybridized carbons (Fsp3) is 0.167. The maximum Gasteiger partial charge on any atom is 0.433 e. The zero-order valence-electron chi connectivity index (χ0n) is 9.99. The molecule has 0 fully saturated rings. The fourth-order valence-electron chi connectivity index (χ4n) is 1.66. The van der Waals surface area contributed by atoms with Crippen molar-refractivity contribution in [3.63, 3.8) is 0 Å². The van der Waals surface area contributed by atoms with Crippen LogP contribution in [0.1, 0.15) is 11.3 Å². The number of nitrogens with two attached hydrogens (primary N) is 1. The summed E-state index contributed by atoms with van der Waals surface area (Å²) in [4.78, 5) is 7.26. The highest BCUT2D eigenvalue weighted by Gasteiger charge is 2.33. The summed E-state index contributed by atoms with van der Waals surface area (Å²) in [5.74, 6) is 4.83. The van der Waals surface area contributed by atoms with Gasteiger partial charge in [-0.15, -0.1) is 0 Å². The highest BCUT2D eigenvalue weighted by atomic mass is 19.4. The van der Waals surface area contributed by atoms with E-state index in [1.807, 2.05) is 5.43 Å². The molecule has 0 aliphatic heterocycles. The van der Waals surface area contributed by atoms with Crippen LogP contribution in [0.5, 0.6) is 0 Å². The van der Waals surface area contributed by atoms with Gasteiger partial charge in [0.15, 0.2) is 5.69 Å². The number of halogens is 3. The van der Waals surface area contributed by atoms with Crippen LogP contribution in [-0.2, 0) is 6.18 Å². The van der Waals surface area contributed by atoms with E-state index >= 15 is 0 Å². The molecule has 2 aromatic rings. The first kappa shape index (κ1) is 13.3. The molecule has 100 valence electrons. The molecule has 0 aliphatic carbocycles. The highest BCUT2D eigenvalue weighted by Crippen LogP contribution is 2.31. The molecule has 0 atom stereocenters. The van der Waals surface area contributed by atoms with Crippen molar-refractivity contribution in [2.24, 2.45) is 5.84 Å². The third kappa shape index (κ3) is 2.82. The van der Waals surface area contributed by atoms with E-state index in [1.165, 1.54) is 0 Å². The molecule has 1 aromatic heterocycles. The Hall–Kier alpha value is -2.15. The molecular formula is C12H11F3N4. The molecule has 0 radical (unpaired) electrons. The molecule has 1 heterocycles. The Bertz CT molecular complexity index is 596. The minimum Gasteiger partial charge on any atom is -0.292 e. The van der Waals surface area contributed by atoms with E-state index in [-0.39, 0.29) is 11.6 Å². The molecule has 2 rings (SSSR count). The molecule has 7 heteroatoms. The Morgan fingerprint density at radius 1 is 1.16 bits per heavy atom. The first-order valence-corrected chi connectivity index (χ1v) is 5.40. The van der Waals surface area contributed by atoms with Gasteiger partial charge in [0.2, 0.25) is 5.95 Å². The second-order valence-electron chi connectivity index (χ2n) is 3.92. The summed E-state index contributed by atoms with van der Waals surface area (Å²) in [6, 6.07) is 7.92. The van der Waals surface area contributed by atoms with Gasteiger partial charge in [-0.05, 0) is 18.6 Å². The normalized spacial score (nSPS) is 11.4. The maximum absolute atomic E-state index is 12.7. The summed E-state index contributed by atoms with van der Waals surface area (Å²) in [6.07, 6.45) is -4.55. The van der Waals surface area contributed by atoms with Crippen molar-refractivity contribution >= 4 is 5.95 Å². The number of alkyl halides is 3. The molecule has 0 saturated carbocycles. The van der Waals surface area contributed by atoms with E-state index in [0.717, 1.165) is 11.6 Å². The number of nitrogens with one attached hydrogen (secondary N) is 1. The van der Waals surface area contributed by atoms with Crippen LogP contribution in [0, 0.1) is 6.92 Å². The van der Waals surface area contributed by atoms with Crippen LogP contribution < -0.4 is 11.3 Å². The smallest absolute Gasteiger partial charge is 0.292 e. The number of aryl methyl sites for hydroxylation is 1. The van der Waals surface area contributed by atoms with Crippen molar-refractivity contribution in [3.05, 3.63) is 41.6 Å². The molecule has 0 aliphatic rings. The average molecular weight is 268 g/mol. The van der Waals surface area contributed by atoms with Gasteiger partial charge in [0.05, 0.1) is 5.69 Å². The SMILES string of the molecule is Cc1ccccc1-c1cc(C(F)(F)F)nc(NN)n1. The van der Waals surface area contributed by atoms with Gasteiger partial charge >= 0.3 is 6.18 Å². The minimum absolute atomic E-state index is 0.174. The maximum atomic E-state index is 12.7. The Balaban J connectivity index is 2.61. The van der Waals surface area contributed by atoms with E-state index in [0.29, 0.717) is 5.56 Å². The van der Waals surface area contributed by atoms with Gasteiger partial charge in [0.1, 0.15) is 0 Å². The number of rotatable bonds is 2. The van der Waals surface area contributed by atoms with E-state index in [4.69, 9.17) is 5.84 Å². The number of hydrazine groups is 1. The Morgan fingerprint density at radius 2 is 1.84 bits per heavy atom. The van der Waals surface area contributed by atoms with E-state index < -0.39 is 11.9 Å². The van der Waals surface area contributed by atoms with Crippen molar-refractivity contribution in [2.75, 3.05) is 5.43 Å². The van der Waals surface area contributed by atoms with E-state index in [2.05, 4.69) is 9.97 Å². The molecule has 0 amide bonds. The standard InChI is InChI=1S/C12H11F3N4/c1-7-4-2-3-5-8(7)9-6-10(12(13,14)15)18-11(17-9)19-16/h2-6H,16H2,1H3,(H,17,18,19). The van der Waals surface area contributed by atoms with Crippen molar-refractivity contribution in [3.8, 4) is 11.3 Å². The summed E-state index contributed by atoms with van der Waals surface area (Å²) in [5.41, 5.74) is 2.61. The van der Waals surface area contributed by atoms with Crippen LogP contribution in [0.3, 0.4) is 0 Å². The topological polar surface area (TPSA) is 63.8 Å². The summed E-state index contributed by atoms with van der Waals surface area (Å²) in [5, 5.41) is 0. The van der Waals surface area contributed by atoms with Gasteiger partial charge in [-0.25, -0.2) is 15.8 Å². The lowest BCUT2D eigenvalue weighted by Crippen LogP contribution is -2.16. The van der Waals surface area contributed by atoms with Crippen LogP contribution >= 0.6 is 0 Å².